The molecule has 130 valence electrons. The molecule has 0 spiro atoms. The van der Waals surface area contributed by atoms with Gasteiger partial charge in [-0.15, -0.1) is 0 Å². The summed E-state index contributed by atoms with van der Waals surface area (Å²) in [5.41, 5.74) is 0.578. The molecular weight excluding hydrogens is 324 g/mol. The number of rotatable bonds is 5. The molecule has 1 aliphatic rings. The van der Waals surface area contributed by atoms with E-state index in [1.165, 1.54) is 30.3 Å². The van der Waals surface area contributed by atoms with Crippen molar-refractivity contribution >= 4 is 18.0 Å². The summed E-state index contributed by atoms with van der Waals surface area (Å²) in [6.45, 7) is 0. The van der Waals surface area contributed by atoms with Crippen LogP contribution >= 0.6 is 0 Å². The minimum absolute atomic E-state index is 0.194. The third-order valence-corrected chi connectivity index (χ3v) is 3.36. The molecule has 2 rings (SSSR count). The van der Waals surface area contributed by atoms with Crippen LogP contribution in [-0.4, -0.2) is 68.2 Å². The van der Waals surface area contributed by atoms with E-state index < -0.39 is 42.6 Å². The zero-order valence-corrected chi connectivity index (χ0v) is 12.2. The third kappa shape index (κ3) is 4.09. The molecule has 5 N–H and O–H groups in total. The van der Waals surface area contributed by atoms with Crippen molar-refractivity contribution in [2.24, 2.45) is 0 Å². The van der Waals surface area contributed by atoms with Gasteiger partial charge >= 0.3 is 11.9 Å². The van der Waals surface area contributed by atoms with Crippen LogP contribution in [0.2, 0.25) is 0 Å². The topological polar surface area (TPSA) is 154 Å². The fourth-order valence-electron chi connectivity index (χ4n) is 2.11. The number of aliphatic hydroxyl groups is 3. The van der Waals surface area contributed by atoms with Crippen molar-refractivity contribution < 1.29 is 44.6 Å². The first-order chi connectivity index (χ1) is 11.3. The number of hydrogen-bond acceptors (Lipinski definition) is 7. The number of carbonyl (C=O) groups is 2. The van der Waals surface area contributed by atoms with Gasteiger partial charge in [-0.2, -0.15) is 0 Å². The second-order valence-electron chi connectivity index (χ2n) is 5.09. The van der Waals surface area contributed by atoms with Crippen molar-refractivity contribution in [2.45, 2.75) is 30.7 Å². The van der Waals surface area contributed by atoms with Gasteiger partial charge in [0.15, 0.2) is 6.10 Å². The lowest BCUT2D eigenvalue weighted by Crippen LogP contribution is -2.61. The van der Waals surface area contributed by atoms with Gasteiger partial charge in [0.05, 0.1) is 0 Å². The highest BCUT2D eigenvalue weighted by Gasteiger charge is 2.48. The quantitative estimate of drug-likeness (QED) is 0.427. The molecule has 0 amide bonds. The largest absolute Gasteiger partial charge is 0.479 e. The van der Waals surface area contributed by atoms with Gasteiger partial charge in [-0.05, 0) is 23.8 Å². The molecule has 5 atom stereocenters. The van der Waals surface area contributed by atoms with Crippen LogP contribution in [0.1, 0.15) is 5.56 Å². The fraction of sp³-hybridized carbons (Fsp3) is 0.333. The van der Waals surface area contributed by atoms with E-state index in [9.17, 15) is 24.9 Å². The predicted octanol–water partition coefficient (Wildman–Crippen LogP) is -0.945. The molecule has 1 aromatic carbocycles. The Labute approximate surface area is 136 Å². The van der Waals surface area contributed by atoms with Crippen molar-refractivity contribution in [2.75, 3.05) is 0 Å². The lowest BCUT2D eigenvalue weighted by Gasteiger charge is -2.38. The predicted molar refractivity (Wildman–Crippen MR) is 78.1 cm³/mol. The zero-order chi connectivity index (χ0) is 17.9. The van der Waals surface area contributed by atoms with E-state index in [4.69, 9.17) is 19.7 Å². The first kappa shape index (κ1) is 17.9. The molecule has 5 unspecified atom stereocenters. The molecule has 0 bridgehead atoms. The maximum absolute atomic E-state index is 11.0. The number of benzene rings is 1. The molecule has 1 aromatic rings. The Morgan fingerprint density at radius 2 is 1.62 bits per heavy atom. The van der Waals surface area contributed by atoms with Crippen LogP contribution in [0.5, 0.6) is 5.75 Å². The highest BCUT2D eigenvalue weighted by Crippen LogP contribution is 2.25. The molecule has 0 aliphatic carbocycles. The Hall–Kier alpha value is -2.46. The Morgan fingerprint density at radius 3 is 2.17 bits per heavy atom. The molecule has 1 saturated heterocycles. The second kappa shape index (κ2) is 7.41. The summed E-state index contributed by atoms with van der Waals surface area (Å²) in [6.07, 6.45) is -6.11. The molecule has 0 saturated carbocycles. The Kier molecular flexibility index (Phi) is 5.52. The molecule has 0 radical (unpaired) electrons. The molecule has 9 nitrogen and oxygen atoms in total. The average Bonchev–Trinajstić information content (AvgIpc) is 2.54. The van der Waals surface area contributed by atoms with Crippen molar-refractivity contribution in [3.63, 3.8) is 0 Å². The van der Waals surface area contributed by atoms with Gasteiger partial charge in [0.25, 0.3) is 0 Å². The summed E-state index contributed by atoms with van der Waals surface area (Å²) in [5.74, 6) is -2.41. The number of aliphatic hydroxyl groups excluding tert-OH is 3. The lowest BCUT2D eigenvalue weighted by atomic mass is 9.99. The molecule has 0 aromatic heterocycles. The van der Waals surface area contributed by atoms with E-state index in [2.05, 4.69) is 0 Å². The molecule has 9 heteroatoms. The molecule has 1 aliphatic heterocycles. The summed E-state index contributed by atoms with van der Waals surface area (Å²) in [4.78, 5) is 21.4. The van der Waals surface area contributed by atoms with Gasteiger partial charge in [0.2, 0.25) is 6.29 Å². The standard InChI is InChI=1S/C15H16O9/c16-9(17)6-3-7-1-4-8(5-2-7)23-15-12(20)10(18)11(19)13(24-15)14(21)22/h1-6,10-13,15,18-20H,(H,16,17)(H,21,22)/b6-3+. The SMILES string of the molecule is O=C(O)/C=C/c1ccc(OC2OC(C(=O)O)C(O)C(O)C2O)cc1. The van der Waals surface area contributed by atoms with E-state index in [-0.39, 0.29) is 5.75 Å². The zero-order valence-electron chi connectivity index (χ0n) is 12.2. The van der Waals surface area contributed by atoms with Gasteiger partial charge < -0.3 is 35.0 Å². The first-order valence-electron chi connectivity index (χ1n) is 6.90. The van der Waals surface area contributed by atoms with E-state index in [0.29, 0.717) is 5.56 Å². The molecule has 1 heterocycles. The summed E-state index contributed by atoms with van der Waals surface area (Å²) >= 11 is 0. The molecule has 24 heavy (non-hydrogen) atoms. The van der Waals surface area contributed by atoms with Crippen LogP contribution in [0.15, 0.2) is 30.3 Å². The fourth-order valence-corrected chi connectivity index (χ4v) is 2.11. The smallest absolute Gasteiger partial charge is 0.335 e. The lowest BCUT2D eigenvalue weighted by molar-refractivity contribution is -0.271. The number of aliphatic carboxylic acids is 2. The maximum atomic E-state index is 11.0. The highest BCUT2D eigenvalue weighted by molar-refractivity contribution is 5.85. The Balaban J connectivity index is 2.09. The number of carboxylic acids is 2. The van der Waals surface area contributed by atoms with Gasteiger partial charge in [-0.3, -0.25) is 0 Å². The van der Waals surface area contributed by atoms with Crippen molar-refractivity contribution in [1.82, 2.24) is 0 Å². The average molecular weight is 340 g/mol. The van der Waals surface area contributed by atoms with Gasteiger partial charge in [0, 0.05) is 6.08 Å². The summed E-state index contributed by atoms with van der Waals surface area (Å²) in [6, 6.07) is 5.96. The van der Waals surface area contributed by atoms with Crippen LogP contribution in [0.3, 0.4) is 0 Å². The Morgan fingerprint density at radius 1 is 1.00 bits per heavy atom. The number of carboxylic acid groups (broad SMARTS) is 2. The van der Waals surface area contributed by atoms with Crippen molar-refractivity contribution in [3.8, 4) is 5.75 Å². The summed E-state index contributed by atoms with van der Waals surface area (Å²) < 4.78 is 10.3. The highest BCUT2D eigenvalue weighted by atomic mass is 16.7. The first-order valence-corrected chi connectivity index (χ1v) is 6.90. The van der Waals surface area contributed by atoms with E-state index in [0.717, 1.165) is 6.08 Å². The maximum Gasteiger partial charge on any atom is 0.335 e. The summed E-state index contributed by atoms with van der Waals surface area (Å²) in [5, 5.41) is 46.6. The van der Waals surface area contributed by atoms with E-state index in [1.807, 2.05) is 0 Å². The van der Waals surface area contributed by atoms with Crippen LogP contribution in [0.25, 0.3) is 6.08 Å². The van der Waals surface area contributed by atoms with Crippen LogP contribution in [-0.2, 0) is 14.3 Å². The van der Waals surface area contributed by atoms with Gasteiger partial charge in [0.1, 0.15) is 24.1 Å². The second-order valence-corrected chi connectivity index (χ2v) is 5.09. The van der Waals surface area contributed by atoms with E-state index in [1.54, 1.807) is 0 Å². The van der Waals surface area contributed by atoms with Crippen LogP contribution in [0.4, 0.5) is 0 Å². The minimum atomic E-state index is -1.79. The van der Waals surface area contributed by atoms with E-state index >= 15 is 0 Å². The minimum Gasteiger partial charge on any atom is -0.479 e. The number of ether oxygens (including phenoxy) is 2. The van der Waals surface area contributed by atoms with Gasteiger partial charge in [-0.25, -0.2) is 9.59 Å². The van der Waals surface area contributed by atoms with Crippen molar-refractivity contribution in [1.29, 1.82) is 0 Å². The monoisotopic (exact) mass is 340 g/mol. The third-order valence-electron chi connectivity index (χ3n) is 3.36. The molecular formula is C15H16O9. The van der Waals surface area contributed by atoms with Crippen LogP contribution in [0, 0.1) is 0 Å². The van der Waals surface area contributed by atoms with Crippen LogP contribution < -0.4 is 4.74 Å². The van der Waals surface area contributed by atoms with Crippen molar-refractivity contribution in [3.05, 3.63) is 35.9 Å². The molecule has 1 fully saturated rings. The Bertz CT molecular complexity index is 624. The summed E-state index contributed by atoms with van der Waals surface area (Å²) in [7, 11) is 0. The number of hydrogen-bond donors (Lipinski definition) is 5. The normalized spacial score (nSPS) is 30.2. The van der Waals surface area contributed by atoms with Gasteiger partial charge in [-0.1, -0.05) is 12.1 Å².